The average molecular weight is 377 g/mol. The zero-order valence-corrected chi connectivity index (χ0v) is 15.0. The SMILES string of the molecule is O=Cc1csc(NC(=O)[C@@H](c2ccccc2)N2Cc3ccccc3C2=O)n1. The van der Waals surface area contributed by atoms with Gasteiger partial charge in [-0.1, -0.05) is 48.5 Å². The van der Waals surface area contributed by atoms with E-state index in [1.165, 1.54) is 11.3 Å². The molecule has 1 N–H and O–H groups in total. The third-order valence-electron chi connectivity index (χ3n) is 4.40. The molecule has 0 saturated heterocycles. The number of thiazole rings is 1. The number of hydrogen-bond acceptors (Lipinski definition) is 5. The molecule has 0 unspecified atom stereocenters. The first kappa shape index (κ1) is 17.1. The molecule has 0 saturated carbocycles. The Kier molecular flexibility index (Phi) is 4.52. The minimum Gasteiger partial charge on any atom is -0.318 e. The van der Waals surface area contributed by atoms with E-state index >= 15 is 0 Å². The van der Waals surface area contributed by atoms with Gasteiger partial charge in [0.05, 0.1) is 0 Å². The van der Waals surface area contributed by atoms with E-state index in [1.807, 2.05) is 48.5 Å². The molecule has 7 heteroatoms. The fourth-order valence-electron chi connectivity index (χ4n) is 3.17. The lowest BCUT2D eigenvalue weighted by molar-refractivity contribution is -0.120. The summed E-state index contributed by atoms with van der Waals surface area (Å²) in [5.74, 6) is -0.545. The van der Waals surface area contributed by atoms with Crippen molar-refractivity contribution in [1.29, 1.82) is 0 Å². The highest BCUT2D eigenvalue weighted by molar-refractivity contribution is 7.14. The summed E-state index contributed by atoms with van der Waals surface area (Å²) in [4.78, 5) is 42.4. The van der Waals surface area contributed by atoms with Gasteiger partial charge in [0.25, 0.3) is 11.8 Å². The van der Waals surface area contributed by atoms with Crippen LogP contribution in [0.25, 0.3) is 0 Å². The van der Waals surface area contributed by atoms with Gasteiger partial charge in [-0.3, -0.25) is 19.7 Å². The molecule has 2 aromatic carbocycles. The smallest absolute Gasteiger partial charge is 0.255 e. The minimum atomic E-state index is -0.797. The fourth-order valence-corrected chi connectivity index (χ4v) is 3.82. The number of benzene rings is 2. The molecule has 27 heavy (non-hydrogen) atoms. The number of anilines is 1. The van der Waals surface area contributed by atoms with Gasteiger partial charge in [0.1, 0.15) is 11.7 Å². The van der Waals surface area contributed by atoms with Crippen molar-refractivity contribution in [3.8, 4) is 0 Å². The van der Waals surface area contributed by atoms with Crippen LogP contribution in [-0.2, 0) is 11.3 Å². The van der Waals surface area contributed by atoms with Crippen LogP contribution in [0.3, 0.4) is 0 Å². The van der Waals surface area contributed by atoms with Gasteiger partial charge < -0.3 is 4.90 Å². The van der Waals surface area contributed by atoms with Crippen LogP contribution < -0.4 is 5.32 Å². The van der Waals surface area contributed by atoms with Gasteiger partial charge in [0.15, 0.2) is 11.4 Å². The maximum atomic E-state index is 13.1. The van der Waals surface area contributed by atoms with Crippen molar-refractivity contribution in [2.75, 3.05) is 5.32 Å². The Morgan fingerprint density at radius 2 is 1.89 bits per heavy atom. The molecule has 3 aromatic rings. The number of amides is 2. The van der Waals surface area contributed by atoms with E-state index in [2.05, 4.69) is 10.3 Å². The van der Waals surface area contributed by atoms with E-state index in [1.54, 1.807) is 16.3 Å². The van der Waals surface area contributed by atoms with Gasteiger partial charge in [0.2, 0.25) is 0 Å². The van der Waals surface area contributed by atoms with Crippen LogP contribution in [0.15, 0.2) is 60.0 Å². The lowest BCUT2D eigenvalue weighted by atomic mass is 10.0. The predicted octanol–water partition coefficient (Wildman–Crippen LogP) is 3.29. The Hall–Kier alpha value is -3.32. The number of fused-ring (bicyclic) bond motifs is 1. The summed E-state index contributed by atoms with van der Waals surface area (Å²) in [6.45, 7) is 0.361. The van der Waals surface area contributed by atoms with E-state index in [0.29, 0.717) is 29.1 Å². The normalized spacial score (nSPS) is 13.9. The third kappa shape index (κ3) is 3.24. The predicted molar refractivity (Wildman–Crippen MR) is 102 cm³/mol. The van der Waals surface area contributed by atoms with Crippen molar-refractivity contribution in [2.45, 2.75) is 12.6 Å². The van der Waals surface area contributed by atoms with Gasteiger partial charge in [-0.25, -0.2) is 4.98 Å². The van der Waals surface area contributed by atoms with Crippen molar-refractivity contribution in [3.63, 3.8) is 0 Å². The lowest BCUT2D eigenvalue weighted by Crippen LogP contribution is -2.37. The molecular formula is C20H15N3O3S. The lowest BCUT2D eigenvalue weighted by Gasteiger charge is -2.27. The first-order valence-electron chi connectivity index (χ1n) is 8.33. The molecule has 134 valence electrons. The van der Waals surface area contributed by atoms with Crippen LogP contribution in [0.4, 0.5) is 5.13 Å². The first-order chi connectivity index (χ1) is 13.2. The Labute approximate surface area is 159 Å². The number of aromatic nitrogens is 1. The van der Waals surface area contributed by atoms with Crippen molar-refractivity contribution in [3.05, 3.63) is 82.4 Å². The van der Waals surface area contributed by atoms with E-state index in [0.717, 1.165) is 5.56 Å². The highest BCUT2D eigenvalue weighted by Crippen LogP contribution is 2.32. The number of carbonyl (C=O) groups excluding carboxylic acids is 3. The molecule has 2 heterocycles. The zero-order valence-electron chi connectivity index (χ0n) is 14.2. The highest BCUT2D eigenvalue weighted by Gasteiger charge is 2.37. The molecule has 0 radical (unpaired) electrons. The summed E-state index contributed by atoms with van der Waals surface area (Å²) in [6, 6.07) is 15.7. The van der Waals surface area contributed by atoms with E-state index in [9.17, 15) is 14.4 Å². The minimum absolute atomic E-state index is 0.178. The average Bonchev–Trinajstić information content (AvgIpc) is 3.28. The molecule has 1 atom stereocenters. The molecular weight excluding hydrogens is 362 g/mol. The van der Waals surface area contributed by atoms with Gasteiger partial charge in [-0.2, -0.15) is 0 Å². The number of aldehydes is 1. The molecule has 1 aromatic heterocycles. The van der Waals surface area contributed by atoms with Crippen LogP contribution in [0.5, 0.6) is 0 Å². The molecule has 0 aliphatic carbocycles. The summed E-state index contributed by atoms with van der Waals surface area (Å²) in [7, 11) is 0. The Morgan fingerprint density at radius 1 is 1.15 bits per heavy atom. The molecule has 1 aliphatic rings. The monoisotopic (exact) mass is 377 g/mol. The van der Waals surface area contributed by atoms with Crippen molar-refractivity contribution >= 4 is 34.6 Å². The quantitative estimate of drug-likeness (QED) is 0.692. The largest absolute Gasteiger partial charge is 0.318 e. The maximum Gasteiger partial charge on any atom is 0.255 e. The summed E-state index contributed by atoms with van der Waals surface area (Å²) in [5, 5.41) is 4.63. The molecule has 1 aliphatic heterocycles. The number of hydrogen-bond donors (Lipinski definition) is 1. The zero-order chi connectivity index (χ0) is 18.8. The molecule has 4 rings (SSSR count). The van der Waals surface area contributed by atoms with E-state index in [-0.39, 0.29) is 17.5 Å². The van der Waals surface area contributed by atoms with Gasteiger partial charge in [-0.05, 0) is 17.2 Å². The molecule has 0 spiro atoms. The third-order valence-corrected chi connectivity index (χ3v) is 5.17. The van der Waals surface area contributed by atoms with Crippen LogP contribution in [0.2, 0.25) is 0 Å². The molecule has 6 nitrogen and oxygen atoms in total. The topological polar surface area (TPSA) is 79.4 Å². The number of rotatable bonds is 5. The van der Waals surface area contributed by atoms with Gasteiger partial charge in [-0.15, -0.1) is 11.3 Å². The van der Waals surface area contributed by atoms with Crippen molar-refractivity contribution in [1.82, 2.24) is 9.88 Å². The van der Waals surface area contributed by atoms with Gasteiger partial charge >= 0.3 is 0 Å². The van der Waals surface area contributed by atoms with Crippen LogP contribution in [0, 0.1) is 0 Å². The molecule has 0 fully saturated rings. The van der Waals surface area contributed by atoms with Crippen molar-refractivity contribution in [2.24, 2.45) is 0 Å². The Bertz CT molecular complexity index is 1020. The summed E-state index contributed by atoms with van der Waals surface area (Å²) in [5.41, 5.74) is 2.48. The van der Waals surface area contributed by atoms with E-state index < -0.39 is 6.04 Å². The maximum absolute atomic E-state index is 13.1. The number of nitrogens with one attached hydrogen (secondary N) is 1. The number of carbonyl (C=O) groups is 3. The second-order valence-corrected chi connectivity index (χ2v) is 6.95. The van der Waals surface area contributed by atoms with Crippen LogP contribution in [-0.4, -0.2) is 28.0 Å². The summed E-state index contributed by atoms with van der Waals surface area (Å²) >= 11 is 1.17. The second kappa shape index (κ2) is 7.13. The van der Waals surface area contributed by atoms with Crippen molar-refractivity contribution < 1.29 is 14.4 Å². The fraction of sp³-hybridized carbons (Fsp3) is 0.100. The second-order valence-electron chi connectivity index (χ2n) is 6.09. The van der Waals surface area contributed by atoms with Crippen LogP contribution in [0.1, 0.15) is 38.0 Å². The van der Waals surface area contributed by atoms with E-state index in [4.69, 9.17) is 0 Å². The van der Waals surface area contributed by atoms with Gasteiger partial charge in [0, 0.05) is 17.5 Å². The summed E-state index contributed by atoms with van der Waals surface area (Å²) < 4.78 is 0. The highest BCUT2D eigenvalue weighted by atomic mass is 32.1. The molecule has 2 amide bonds. The Balaban J connectivity index is 1.67. The van der Waals surface area contributed by atoms with Crippen LogP contribution >= 0.6 is 11.3 Å². The molecule has 0 bridgehead atoms. The standard InChI is InChI=1S/C20H15N3O3S/c24-11-15-12-27-20(21-15)22-18(25)17(13-6-2-1-3-7-13)23-10-14-8-4-5-9-16(14)19(23)26/h1-9,11-12,17H,10H2,(H,21,22,25)/t17-/m1/s1. The summed E-state index contributed by atoms with van der Waals surface area (Å²) in [6.07, 6.45) is 0.626. The first-order valence-corrected chi connectivity index (χ1v) is 9.20. The number of nitrogens with zero attached hydrogens (tertiary/aromatic N) is 2. The Morgan fingerprint density at radius 3 is 2.59 bits per heavy atom.